The molecule has 0 bridgehead atoms. The van der Waals surface area contributed by atoms with Gasteiger partial charge >= 0.3 is 0 Å². The summed E-state index contributed by atoms with van der Waals surface area (Å²) in [6.07, 6.45) is 4.39. The molecule has 0 radical (unpaired) electrons. The molecule has 0 N–H and O–H groups in total. The smallest absolute Gasteiger partial charge is 0.122 e. The summed E-state index contributed by atoms with van der Waals surface area (Å²) in [6, 6.07) is 4.10. The minimum atomic E-state index is 0.247. The van der Waals surface area contributed by atoms with E-state index in [1.54, 1.807) is 11.3 Å². The van der Waals surface area contributed by atoms with Crippen LogP contribution in [0.3, 0.4) is 0 Å². The Morgan fingerprint density at radius 1 is 1.45 bits per heavy atom. The zero-order chi connectivity index (χ0) is 13.8. The van der Waals surface area contributed by atoms with Gasteiger partial charge in [-0.05, 0) is 31.4 Å². The largest absolute Gasteiger partial charge is 0.371 e. The fourth-order valence-corrected chi connectivity index (χ4v) is 4.19. The van der Waals surface area contributed by atoms with Crippen molar-refractivity contribution in [2.75, 3.05) is 6.61 Å². The van der Waals surface area contributed by atoms with Gasteiger partial charge in [0.2, 0.25) is 0 Å². The number of nitrogens with zero attached hydrogens (tertiary/aromatic N) is 2. The van der Waals surface area contributed by atoms with E-state index in [2.05, 4.69) is 23.4 Å². The molecule has 3 nitrogen and oxygen atoms in total. The average Bonchev–Trinajstić information content (AvgIpc) is 3.11. The molecule has 2 aromatic rings. The molecule has 3 heterocycles. The third kappa shape index (κ3) is 3.40. The maximum absolute atomic E-state index is 5.67. The van der Waals surface area contributed by atoms with Crippen LogP contribution >= 0.6 is 23.1 Å². The lowest BCUT2D eigenvalue weighted by Gasteiger charge is -2.04. The number of thioether (sulfide) groups is 1. The second kappa shape index (κ2) is 6.70. The van der Waals surface area contributed by atoms with Crippen molar-refractivity contribution in [2.24, 2.45) is 0 Å². The first-order valence-corrected chi connectivity index (χ1v) is 8.90. The number of ether oxygens (including phenoxy) is 1. The second-order valence-corrected chi connectivity index (χ2v) is 6.81. The molecule has 106 valence electrons. The average molecular weight is 306 g/mol. The molecule has 0 amide bonds. The Hall–Kier alpha value is -0.910. The molecule has 1 aliphatic rings. The van der Waals surface area contributed by atoms with Crippen molar-refractivity contribution in [1.29, 1.82) is 0 Å². The van der Waals surface area contributed by atoms with Gasteiger partial charge in [0.25, 0.3) is 0 Å². The molecule has 1 atom stereocenters. The summed E-state index contributed by atoms with van der Waals surface area (Å²) in [5.41, 5.74) is 3.60. The van der Waals surface area contributed by atoms with E-state index in [-0.39, 0.29) is 6.10 Å². The van der Waals surface area contributed by atoms with Gasteiger partial charge in [0, 0.05) is 29.7 Å². The summed E-state index contributed by atoms with van der Waals surface area (Å²) in [5, 5.41) is 3.31. The number of hydrogen-bond donors (Lipinski definition) is 0. The standard InChI is InChI=1S/C15H18N2OS2/c1-11-4-2-6-16-13(11)10-19-8-12-9-20-15(17-12)14-5-3-7-18-14/h2,4,6,9,14H,3,5,7-8,10H2,1H3/t14-/m1/s1. The van der Waals surface area contributed by atoms with E-state index in [1.807, 2.05) is 24.0 Å². The van der Waals surface area contributed by atoms with Crippen molar-refractivity contribution in [2.45, 2.75) is 37.4 Å². The van der Waals surface area contributed by atoms with E-state index in [1.165, 1.54) is 17.0 Å². The third-order valence-electron chi connectivity index (χ3n) is 3.38. The number of pyridine rings is 1. The minimum Gasteiger partial charge on any atom is -0.371 e. The SMILES string of the molecule is Cc1cccnc1CSCc1csc([C@H]2CCCO2)n1. The lowest BCUT2D eigenvalue weighted by Crippen LogP contribution is -1.95. The summed E-state index contributed by atoms with van der Waals surface area (Å²) in [6.45, 7) is 2.99. The van der Waals surface area contributed by atoms with Crippen LogP contribution in [0.1, 0.15) is 40.9 Å². The summed E-state index contributed by atoms with van der Waals surface area (Å²) in [7, 11) is 0. The highest BCUT2D eigenvalue weighted by Gasteiger charge is 2.20. The first-order chi connectivity index (χ1) is 9.83. The van der Waals surface area contributed by atoms with Crippen molar-refractivity contribution in [3.63, 3.8) is 0 Å². The molecule has 3 rings (SSSR count). The van der Waals surface area contributed by atoms with E-state index >= 15 is 0 Å². The summed E-state index contributed by atoms with van der Waals surface area (Å²) < 4.78 is 5.67. The van der Waals surface area contributed by atoms with Crippen molar-refractivity contribution in [3.05, 3.63) is 45.7 Å². The van der Waals surface area contributed by atoms with Crippen LogP contribution in [0, 0.1) is 6.92 Å². The molecular weight excluding hydrogens is 288 g/mol. The van der Waals surface area contributed by atoms with Gasteiger partial charge in [0.1, 0.15) is 11.1 Å². The van der Waals surface area contributed by atoms with Gasteiger partial charge in [-0.25, -0.2) is 4.98 Å². The zero-order valence-corrected chi connectivity index (χ0v) is 13.2. The highest BCUT2D eigenvalue weighted by molar-refractivity contribution is 7.97. The highest BCUT2D eigenvalue weighted by atomic mass is 32.2. The van der Waals surface area contributed by atoms with Crippen molar-refractivity contribution < 1.29 is 4.74 Å². The fraction of sp³-hybridized carbons (Fsp3) is 0.467. The highest BCUT2D eigenvalue weighted by Crippen LogP contribution is 2.31. The van der Waals surface area contributed by atoms with Crippen LogP contribution in [0.5, 0.6) is 0 Å². The van der Waals surface area contributed by atoms with E-state index in [0.29, 0.717) is 0 Å². The van der Waals surface area contributed by atoms with Gasteiger partial charge in [0.15, 0.2) is 0 Å². The van der Waals surface area contributed by atoms with Crippen molar-refractivity contribution >= 4 is 23.1 Å². The molecule has 2 aromatic heterocycles. The lowest BCUT2D eigenvalue weighted by atomic mass is 10.2. The molecule has 0 spiro atoms. The lowest BCUT2D eigenvalue weighted by molar-refractivity contribution is 0.111. The van der Waals surface area contributed by atoms with Gasteiger partial charge in [0.05, 0.1) is 11.4 Å². The molecule has 5 heteroatoms. The number of aryl methyl sites for hydroxylation is 1. The summed E-state index contributed by atoms with van der Waals surface area (Å²) in [5.74, 6) is 1.89. The molecule has 1 fully saturated rings. The first-order valence-electron chi connectivity index (χ1n) is 6.87. The van der Waals surface area contributed by atoms with E-state index in [4.69, 9.17) is 9.72 Å². The predicted molar refractivity (Wildman–Crippen MR) is 84.0 cm³/mol. The van der Waals surface area contributed by atoms with Gasteiger partial charge in [-0.3, -0.25) is 4.98 Å². The molecule has 0 saturated carbocycles. The maximum Gasteiger partial charge on any atom is 0.122 e. The van der Waals surface area contributed by atoms with E-state index < -0.39 is 0 Å². The Morgan fingerprint density at radius 3 is 3.20 bits per heavy atom. The van der Waals surface area contributed by atoms with E-state index in [9.17, 15) is 0 Å². The molecule has 0 aliphatic carbocycles. The predicted octanol–water partition coefficient (Wildman–Crippen LogP) is 4.13. The Morgan fingerprint density at radius 2 is 2.40 bits per heavy atom. The molecule has 0 aromatic carbocycles. The monoisotopic (exact) mass is 306 g/mol. The van der Waals surface area contributed by atoms with Crippen LogP contribution in [0.4, 0.5) is 0 Å². The number of hydrogen-bond acceptors (Lipinski definition) is 5. The van der Waals surface area contributed by atoms with Crippen LogP contribution in [0.2, 0.25) is 0 Å². The van der Waals surface area contributed by atoms with Gasteiger partial charge in [-0.1, -0.05) is 6.07 Å². The Labute approximate surface area is 127 Å². The zero-order valence-electron chi connectivity index (χ0n) is 11.5. The van der Waals surface area contributed by atoms with Crippen LogP contribution in [-0.4, -0.2) is 16.6 Å². The minimum absolute atomic E-state index is 0.247. The Kier molecular flexibility index (Phi) is 4.70. The topological polar surface area (TPSA) is 35.0 Å². The van der Waals surface area contributed by atoms with E-state index in [0.717, 1.165) is 36.0 Å². The maximum atomic E-state index is 5.67. The van der Waals surface area contributed by atoms with Crippen molar-refractivity contribution in [3.8, 4) is 0 Å². The van der Waals surface area contributed by atoms with Crippen LogP contribution < -0.4 is 0 Å². The molecule has 1 saturated heterocycles. The summed E-state index contributed by atoms with van der Waals surface area (Å²) in [4.78, 5) is 9.12. The molecule has 20 heavy (non-hydrogen) atoms. The normalized spacial score (nSPS) is 18.6. The third-order valence-corrected chi connectivity index (χ3v) is 5.34. The fourth-order valence-electron chi connectivity index (χ4n) is 2.23. The molecule has 1 aliphatic heterocycles. The van der Waals surface area contributed by atoms with Crippen LogP contribution in [0.25, 0.3) is 0 Å². The number of aromatic nitrogens is 2. The van der Waals surface area contributed by atoms with Crippen LogP contribution in [0.15, 0.2) is 23.7 Å². The van der Waals surface area contributed by atoms with Gasteiger partial charge in [-0.2, -0.15) is 0 Å². The number of rotatable bonds is 5. The molecule has 0 unspecified atom stereocenters. The Bertz CT molecular complexity index is 565. The van der Waals surface area contributed by atoms with Gasteiger partial charge < -0.3 is 4.74 Å². The van der Waals surface area contributed by atoms with Crippen molar-refractivity contribution in [1.82, 2.24) is 9.97 Å². The number of thiazole rings is 1. The van der Waals surface area contributed by atoms with Crippen LogP contribution in [-0.2, 0) is 16.2 Å². The second-order valence-electron chi connectivity index (χ2n) is 4.94. The molecular formula is C15H18N2OS2. The van der Waals surface area contributed by atoms with Gasteiger partial charge in [-0.15, -0.1) is 23.1 Å². The first kappa shape index (κ1) is 14.0. The summed E-state index contributed by atoms with van der Waals surface area (Å²) >= 11 is 3.60. The Balaban J connectivity index is 1.52. The quantitative estimate of drug-likeness (QED) is 0.832.